The van der Waals surface area contributed by atoms with Gasteiger partial charge < -0.3 is 10.3 Å². The van der Waals surface area contributed by atoms with E-state index in [1.165, 1.54) is 4.57 Å². The Morgan fingerprint density at radius 2 is 2.18 bits per heavy atom. The average Bonchev–Trinajstić information content (AvgIpc) is 2.62. The van der Waals surface area contributed by atoms with Crippen LogP contribution in [0.15, 0.2) is 18.2 Å². The number of nitrogen functional groups attached to an aromatic ring is 1. The van der Waals surface area contributed by atoms with Crippen molar-refractivity contribution in [3.05, 3.63) is 29.5 Å². The van der Waals surface area contributed by atoms with Crippen LogP contribution in [0, 0.1) is 18.3 Å². The number of aromatic nitrogens is 1. The molecule has 0 saturated carbocycles. The summed E-state index contributed by atoms with van der Waals surface area (Å²) in [6.45, 7) is 1.33. The van der Waals surface area contributed by atoms with E-state index in [4.69, 9.17) is 11.0 Å². The summed E-state index contributed by atoms with van der Waals surface area (Å²) in [5, 5.41) is 9.70. The molecular weight excluding hydrogens is 224 g/mol. The van der Waals surface area contributed by atoms with Gasteiger partial charge in [-0.1, -0.05) is 0 Å². The van der Waals surface area contributed by atoms with Crippen molar-refractivity contribution < 1.29 is 8.78 Å². The predicted molar refractivity (Wildman–Crippen MR) is 61.8 cm³/mol. The quantitative estimate of drug-likeness (QED) is 0.813. The fourth-order valence-electron chi connectivity index (χ4n) is 1.92. The van der Waals surface area contributed by atoms with E-state index in [1.807, 2.05) is 13.0 Å². The molecule has 0 atom stereocenters. The van der Waals surface area contributed by atoms with Crippen LogP contribution in [0.4, 0.5) is 14.5 Å². The van der Waals surface area contributed by atoms with Crippen LogP contribution in [0.2, 0.25) is 0 Å². The molecule has 1 aromatic carbocycles. The molecule has 2 rings (SSSR count). The number of nitriles is 1. The Kier molecular flexibility index (Phi) is 2.72. The molecule has 0 saturated heterocycles. The molecule has 0 unspecified atom stereocenters. The fraction of sp³-hybridized carbons (Fsp3) is 0.250. The van der Waals surface area contributed by atoms with Crippen molar-refractivity contribution in [2.75, 3.05) is 5.73 Å². The molecule has 0 amide bonds. The Hall–Kier alpha value is -2.09. The Morgan fingerprint density at radius 1 is 1.47 bits per heavy atom. The number of nitrogens with two attached hydrogens (primary N) is 1. The fourth-order valence-corrected chi connectivity index (χ4v) is 1.92. The van der Waals surface area contributed by atoms with Crippen LogP contribution >= 0.6 is 0 Å². The van der Waals surface area contributed by atoms with E-state index in [1.54, 1.807) is 18.2 Å². The zero-order valence-corrected chi connectivity index (χ0v) is 9.24. The van der Waals surface area contributed by atoms with E-state index in [9.17, 15) is 8.78 Å². The van der Waals surface area contributed by atoms with Crippen molar-refractivity contribution in [2.45, 2.75) is 19.9 Å². The molecule has 0 radical (unpaired) electrons. The molecule has 0 spiro atoms. The standard InChI is InChI=1S/C12H11F2N3/c1-7-9-4-8(5-15)17(6-12(13)14)11(9)3-2-10(7)16/h2-4,12H,6,16H2,1H3. The third-order valence-electron chi connectivity index (χ3n) is 2.83. The number of hydrogen-bond donors (Lipinski definition) is 1. The first-order chi connectivity index (χ1) is 8.04. The summed E-state index contributed by atoms with van der Waals surface area (Å²) in [5.41, 5.74) is 8.00. The number of aryl methyl sites for hydroxylation is 1. The van der Waals surface area contributed by atoms with Gasteiger partial charge >= 0.3 is 0 Å². The van der Waals surface area contributed by atoms with E-state index in [0.29, 0.717) is 11.2 Å². The van der Waals surface area contributed by atoms with E-state index < -0.39 is 13.0 Å². The van der Waals surface area contributed by atoms with Crippen LogP contribution in [0.5, 0.6) is 0 Å². The number of benzene rings is 1. The first-order valence-electron chi connectivity index (χ1n) is 5.11. The van der Waals surface area contributed by atoms with Gasteiger partial charge in [-0.15, -0.1) is 0 Å². The molecule has 0 aliphatic rings. The maximum Gasteiger partial charge on any atom is 0.256 e. The second kappa shape index (κ2) is 4.06. The first-order valence-corrected chi connectivity index (χ1v) is 5.11. The molecule has 3 nitrogen and oxygen atoms in total. The van der Waals surface area contributed by atoms with Gasteiger partial charge in [0.15, 0.2) is 0 Å². The van der Waals surface area contributed by atoms with E-state index in [2.05, 4.69) is 0 Å². The van der Waals surface area contributed by atoms with Gasteiger partial charge in [-0.2, -0.15) is 5.26 Å². The number of hydrogen-bond acceptors (Lipinski definition) is 2. The van der Waals surface area contributed by atoms with Crippen molar-refractivity contribution in [3.63, 3.8) is 0 Å². The van der Waals surface area contributed by atoms with Crippen LogP contribution in [-0.2, 0) is 6.54 Å². The zero-order valence-electron chi connectivity index (χ0n) is 9.24. The number of alkyl halides is 2. The molecule has 17 heavy (non-hydrogen) atoms. The minimum atomic E-state index is -2.49. The van der Waals surface area contributed by atoms with Crippen molar-refractivity contribution in [3.8, 4) is 6.07 Å². The van der Waals surface area contributed by atoms with Crippen molar-refractivity contribution in [1.82, 2.24) is 4.57 Å². The maximum atomic E-state index is 12.5. The molecule has 1 heterocycles. The highest BCUT2D eigenvalue weighted by Crippen LogP contribution is 2.27. The van der Waals surface area contributed by atoms with E-state index >= 15 is 0 Å². The summed E-state index contributed by atoms with van der Waals surface area (Å²) in [6.07, 6.45) is -2.49. The first kappa shape index (κ1) is 11.4. The number of fused-ring (bicyclic) bond motifs is 1. The Balaban J connectivity index is 2.73. The minimum absolute atomic E-state index is 0.231. The summed E-state index contributed by atoms with van der Waals surface area (Å²) in [7, 11) is 0. The van der Waals surface area contributed by atoms with Gasteiger partial charge in [0.25, 0.3) is 6.43 Å². The lowest BCUT2D eigenvalue weighted by Gasteiger charge is -2.07. The third-order valence-corrected chi connectivity index (χ3v) is 2.83. The second-order valence-corrected chi connectivity index (χ2v) is 3.86. The third kappa shape index (κ3) is 1.82. The molecule has 0 fully saturated rings. The van der Waals surface area contributed by atoms with Crippen molar-refractivity contribution >= 4 is 16.6 Å². The molecule has 0 bridgehead atoms. The highest BCUT2D eigenvalue weighted by atomic mass is 19.3. The number of anilines is 1. The predicted octanol–water partition coefficient (Wildman–Crippen LogP) is 2.67. The minimum Gasteiger partial charge on any atom is -0.398 e. The second-order valence-electron chi connectivity index (χ2n) is 3.86. The smallest absolute Gasteiger partial charge is 0.256 e. The number of rotatable bonds is 2. The van der Waals surface area contributed by atoms with Crippen LogP contribution in [0.1, 0.15) is 11.3 Å². The van der Waals surface area contributed by atoms with Gasteiger partial charge in [-0.05, 0) is 30.7 Å². The molecule has 0 aliphatic heterocycles. The molecular formula is C12H11F2N3. The molecule has 2 aromatic rings. The summed E-state index contributed by atoms with van der Waals surface area (Å²) in [5.74, 6) is 0. The number of nitrogens with zero attached hydrogens (tertiary/aromatic N) is 2. The number of halogens is 2. The van der Waals surface area contributed by atoms with Crippen molar-refractivity contribution in [1.29, 1.82) is 5.26 Å². The summed E-state index contributed by atoms with van der Waals surface area (Å²) in [6, 6.07) is 6.86. The largest absolute Gasteiger partial charge is 0.398 e. The Bertz CT molecular complexity index is 608. The van der Waals surface area contributed by atoms with Gasteiger partial charge in [0.2, 0.25) is 0 Å². The highest BCUT2D eigenvalue weighted by Gasteiger charge is 2.14. The zero-order chi connectivity index (χ0) is 12.6. The lowest BCUT2D eigenvalue weighted by Crippen LogP contribution is -2.08. The van der Waals surface area contributed by atoms with Gasteiger partial charge in [-0.25, -0.2) is 8.78 Å². The molecule has 1 aromatic heterocycles. The van der Waals surface area contributed by atoms with Crippen LogP contribution in [0.25, 0.3) is 10.9 Å². The summed E-state index contributed by atoms with van der Waals surface area (Å²) < 4.78 is 26.3. The van der Waals surface area contributed by atoms with Crippen LogP contribution < -0.4 is 5.73 Å². The van der Waals surface area contributed by atoms with Gasteiger partial charge in [0.1, 0.15) is 11.8 Å². The lowest BCUT2D eigenvalue weighted by molar-refractivity contribution is 0.128. The molecule has 2 N–H and O–H groups in total. The summed E-state index contributed by atoms with van der Waals surface area (Å²) in [4.78, 5) is 0. The summed E-state index contributed by atoms with van der Waals surface area (Å²) >= 11 is 0. The van der Waals surface area contributed by atoms with Gasteiger partial charge in [-0.3, -0.25) is 0 Å². The monoisotopic (exact) mass is 235 g/mol. The van der Waals surface area contributed by atoms with E-state index in [-0.39, 0.29) is 5.69 Å². The lowest BCUT2D eigenvalue weighted by atomic mass is 10.1. The van der Waals surface area contributed by atoms with Crippen molar-refractivity contribution in [2.24, 2.45) is 0 Å². The maximum absolute atomic E-state index is 12.5. The van der Waals surface area contributed by atoms with Crippen LogP contribution in [-0.4, -0.2) is 11.0 Å². The van der Waals surface area contributed by atoms with E-state index in [0.717, 1.165) is 10.9 Å². The molecule has 88 valence electrons. The SMILES string of the molecule is Cc1c(N)ccc2c1cc(C#N)n2CC(F)F. The van der Waals surface area contributed by atoms with Crippen LogP contribution in [0.3, 0.4) is 0 Å². The normalized spacial score (nSPS) is 11.0. The Labute approximate surface area is 97.1 Å². The molecule has 0 aliphatic carbocycles. The Morgan fingerprint density at radius 3 is 2.76 bits per heavy atom. The molecule has 5 heteroatoms. The van der Waals surface area contributed by atoms with Gasteiger partial charge in [0.05, 0.1) is 6.54 Å². The van der Waals surface area contributed by atoms with Gasteiger partial charge in [0, 0.05) is 16.6 Å². The topological polar surface area (TPSA) is 54.7 Å². The average molecular weight is 235 g/mol. The highest BCUT2D eigenvalue weighted by molar-refractivity contribution is 5.89.